The molecule has 0 spiro atoms. The van der Waals surface area contributed by atoms with Gasteiger partial charge in [0.1, 0.15) is 5.01 Å². The van der Waals surface area contributed by atoms with E-state index in [2.05, 4.69) is 10.3 Å². The first-order chi connectivity index (χ1) is 13.6. The van der Waals surface area contributed by atoms with E-state index in [1.54, 1.807) is 53.6 Å². The van der Waals surface area contributed by atoms with E-state index in [-0.39, 0.29) is 11.8 Å². The molecule has 4 rings (SSSR count). The summed E-state index contributed by atoms with van der Waals surface area (Å²) in [4.78, 5) is 32.2. The SMILES string of the molecule is CN(Cc1nc2ccccc2s1)C(=O)c1ccccc1NC(=O)c1cccs1. The zero-order valence-electron chi connectivity index (χ0n) is 15.1. The Hall–Kier alpha value is -3.03. The van der Waals surface area contributed by atoms with Gasteiger partial charge in [0.15, 0.2) is 0 Å². The van der Waals surface area contributed by atoms with E-state index in [1.165, 1.54) is 11.3 Å². The van der Waals surface area contributed by atoms with Crippen molar-refractivity contribution in [2.75, 3.05) is 12.4 Å². The third kappa shape index (κ3) is 3.81. The normalized spacial score (nSPS) is 10.8. The molecule has 0 fully saturated rings. The Labute approximate surface area is 170 Å². The number of aromatic nitrogens is 1. The molecule has 4 aromatic rings. The minimum Gasteiger partial charge on any atom is -0.335 e. The fourth-order valence-electron chi connectivity index (χ4n) is 2.84. The van der Waals surface area contributed by atoms with Gasteiger partial charge in [-0.05, 0) is 35.7 Å². The zero-order chi connectivity index (χ0) is 19.5. The molecule has 0 atom stereocenters. The second kappa shape index (κ2) is 7.92. The minimum absolute atomic E-state index is 0.165. The zero-order valence-corrected chi connectivity index (χ0v) is 16.7. The Morgan fingerprint density at radius 1 is 1.04 bits per heavy atom. The van der Waals surface area contributed by atoms with Gasteiger partial charge >= 0.3 is 0 Å². The largest absolute Gasteiger partial charge is 0.335 e. The van der Waals surface area contributed by atoms with Crippen LogP contribution in [0.2, 0.25) is 0 Å². The van der Waals surface area contributed by atoms with Crippen LogP contribution in [0.4, 0.5) is 5.69 Å². The lowest BCUT2D eigenvalue weighted by Crippen LogP contribution is -2.27. The average molecular weight is 408 g/mol. The van der Waals surface area contributed by atoms with Crippen LogP contribution in [-0.4, -0.2) is 28.7 Å². The standard InChI is InChI=1S/C21H17N3O2S2/c1-24(13-19-22-16-9-4-5-10-17(16)28-19)21(26)14-7-2-3-8-15(14)23-20(25)18-11-6-12-27-18/h2-12H,13H2,1H3,(H,23,25). The molecule has 5 nitrogen and oxygen atoms in total. The molecular weight excluding hydrogens is 390 g/mol. The maximum atomic E-state index is 13.0. The number of carbonyl (C=O) groups is 2. The Morgan fingerprint density at radius 3 is 2.61 bits per heavy atom. The van der Waals surface area contributed by atoms with Crippen LogP contribution in [0.15, 0.2) is 66.0 Å². The second-order valence-corrected chi connectivity index (χ2v) is 8.28. The van der Waals surface area contributed by atoms with Crippen molar-refractivity contribution < 1.29 is 9.59 Å². The number of nitrogens with zero attached hydrogens (tertiary/aromatic N) is 2. The molecule has 2 aromatic heterocycles. The van der Waals surface area contributed by atoms with E-state index in [0.717, 1.165) is 15.2 Å². The molecule has 0 aliphatic carbocycles. The van der Waals surface area contributed by atoms with E-state index in [9.17, 15) is 9.59 Å². The van der Waals surface area contributed by atoms with Crippen molar-refractivity contribution in [1.29, 1.82) is 0 Å². The molecule has 7 heteroatoms. The number of thiazole rings is 1. The first kappa shape index (κ1) is 18.3. The van der Waals surface area contributed by atoms with Crippen LogP contribution in [0.5, 0.6) is 0 Å². The summed E-state index contributed by atoms with van der Waals surface area (Å²) in [7, 11) is 1.74. The maximum Gasteiger partial charge on any atom is 0.265 e. The topological polar surface area (TPSA) is 62.3 Å². The number of hydrogen-bond acceptors (Lipinski definition) is 5. The molecule has 0 bridgehead atoms. The van der Waals surface area contributed by atoms with Gasteiger partial charge in [-0.3, -0.25) is 9.59 Å². The fraction of sp³-hybridized carbons (Fsp3) is 0.0952. The number of hydrogen-bond donors (Lipinski definition) is 1. The molecule has 0 saturated heterocycles. The number of nitrogens with one attached hydrogen (secondary N) is 1. The average Bonchev–Trinajstić information content (AvgIpc) is 3.37. The Morgan fingerprint density at radius 2 is 1.82 bits per heavy atom. The minimum atomic E-state index is -0.218. The third-order valence-electron chi connectivity index (χ3n) is 4.21. The highest BCUT2D eigenvalue weighted by Crippen LogP contribution is 2.24. The lowest BCUT2D eigenvalue weighted by Gasteiger charge is -2.18. The number of carbonyl (C=O) groups excluding carboxylic acids is 2. The van der Waals surface area contributed by atoms with Crippen LogP contribution in [-0.2, 0) is 6.54 Å². The lowest BCUT2D eigenvalue weighted by atomic mass is 10.1. The summed E-state index contributed by atoms with van der Waals surface area (Å²) in [6, 6.07) is 18.5. The maximum absolute atomic E-state index is 13.0. The van der Waals surface area contributed by atoms with Gasteiger partial charge in [0.2, 0.25) is 0 Å². The van der Waals surface area contributed by atoms with E-state index in [4.69, 9.17) is 0 Å². The number of anilines is 1. The number of benzene rings is 2. The Balaban J connectivity index is 1.53. The molecular formula is C21H17N3O2S2. The number of amides is 2. The van der Waals surface area contributed by atoms with Crippen molar-refractivity contribution in [2.45, 2.75) is 6.54 Å². The summed E-state index contributed by atoms with van der Waals surface area (Å²) in [5, 5.41) is 5.56. The van der Waals surface area contributed by atoms with E-state index in [1.807, 2.05) is 35.7 Å². The van der Waals surface area contributed by atoms with Gasteiger partial charge in [0.05, 0.1) is 32.9 Å². The van der Waals surface area contributed by atoms with Gasteiger partial charge in [-0.2, -0.15) is 0 Å². The molecule has 0 saturated carbocycles. The first-order valence-electron chi connectivity index (χ1n) is 8.65. The number of thiophene rings is 1. The van der Waals surface area contributed by atoms with Gasteiger partial charge in [0, 0.05) is 7.05 Å². The summed E-state index contributed by atoms with van der Waals surface area (Å²) >= 11 is 2.94. The second-order valence-electron chi connectivity index (χ2n) is 6.21. The van der Waals surface area contributed by atoms with Gasteiger partial charge in [-0.1, -0.05) is 30.3 Å². The number of fused-ring (bicyclic) bond motifs is 1. The van der Waals surface area contributed by atoms with E-state index < -0.39 is 0 Å². The predicted molar refractivity (Wildman–Crippen MR) is 114 cm³/mol. The van der Waals surface area contributed by atoms with Crippen molar-refractivity contribution >= 4 is 50.4 Å². The van der Waals surface area contributed by atoms with Crippen LogP contribution in [0.1, 0.15) is 25.0 Å². The fourth-order valence-corrected chi connectivity index (χ4v) is 4.48. The van der Waals surface area contributed by atoms with E-state index in [0.29, 0.717) is 22.7 Å². The quantitative estimate of drug-likeness (QED) is 0.513. The van der Waals surface area contributed by atoms with Gasteiger partial charge in [0.25, 0.3) is 11.8 Å². The number of rotatable bonds is 5. The molecule has 28 heavy (non-hydrogen) atoms. The molecule has 2 heterocycles. The molecule has 0 unspecified atom stereocenters. The molecule has 2 aromatic carbocycles. The van der Waals surface area contributed by atoms with E-state index >= 15 is 0 Å². The summed E-state index contributed by atoms with van der Waals surface area (Å²) in [5.74, 6) is -0.384. The number of para-hydroxylation sites is 2. The van der Waals surface area contributed by atoms with Crippen LogP contribution in [0, 0.1) is 0 Å². The van der Waals surface area contributed by atoms with Crippen molar-refractivity contribution in [2.24, 2.45) is 0 Å². The summed E-state index contributed by atoms with van der Waals surface area (Å²) in [5.41, 5.74) is 1.89. The highest BCUT2D eigenvalue weighted by molar-refractivity contribution is 7.18. The van der Waals surface area contributed by atoms with Crippen LogP contribution in [0.25, 0.3) is 10.2 Å². The highest BCUT2D eigenvalue weighted by Gasteiger charge is 2.19. The van der Waals surface area contributed by atoms with Crippen molar-refractivity contribution in [3.8, 4) is 0 Å². The summed E-state index contributed by atoms with van der Waals surface area (Å²) in [6.45, 7) is 0.408. The van der Waals surface area contributed by atoms with Crippen molar-refractivity contribution in [3.63, 3.8) is 0 Å². The van der Waals surface area contributed by atoms with Crippen molar-refractivity contribution in [3.05, 3.63) is 81.5 Å². The smallest absolute Gasteiger partial charge is 0.265 e. The monoisotopic (exact) mass is 407 g/mol. The first-order valence-corrected chi connectivity index (χ1v) is 10.4. The molecule has 140 valence electrons. The van der Waals surface area contributed by atoms with Crippen molar-refractivity contribution in [1.82, 2.24) is 9.88 Å². The van der Waals surface area contributed by atoms with Gasteiger partial charge < -0.3 is 10.2 Å². The van der Waals surface area contributed by atoms with Gasteiger partial charge in [-0.15, -0.1) is 22.7 Å². The molecule has 2 amide bonds. The summed E-state index contributed by atoms with van der Waals surface area (Å²) in [6.07, 6.45) is 0. The predicted octanol–water partition coefficient (Wildman–Crippen LogP) is 4.88. The van der Waals surface area contributed by atoms with Crippen LogP contribution < -0.4 is 5.32 Å². The third-order valence-corrected chi connectivity index (χ3v) is 6.10. The highest BCUT2D eigenvalue weighted by atomic mass is 32.1. The van der Waals surface area contributed by atoms with Gasteiger partial charge in [-0.25, -0.2) is 4.98 Å². The Bertz CT molecular complexity index is 1100. The molecule has 0 aliphatic rings. The molecule has 1 N–H and O–H groups in total. The summed E-state index contributed by atoms with van der Waals surface area (Å²) < 4.78 is 1.10. The van der Waals surface area contributed by atoms with Crippen LogP contribution in [0.3, 0.4) is 0 Å². The Kier molecular flexibility index (Phi) is 5.18. The lowest BCUT2D eigenvalue weighted by molar-refractivity contribution is 0.0786. The van der Waals surface area contributed by atoms with Crippen LogP contribution >= 0.6 is 22.7 Å². The molecule has 0 radical (unpaired) electrons. The molecule has 0 aliphatic heterocycles.